The molecule has 1 rings (SSSR count). The third kappa shape index (κ3) is 2.59. The summed E-state index contributed by atoms with van der Waals surface area (Å²) < 4.78 is 11.3. The van der Waals surface area contributed by atoms with Crippen molar-refractivity contribution in [3.63, 3.8) is 0 Å². The van der Waals surface area contributed by atoms with E-state index < -0.39 is 5.79 Å². The molecule has 0 spiro atoms. The second-order valence-electron chi connectivity index (χ2n) is 3.77. The molecule has 2 nitrogen and oxygen atoms in total. The number of methoxy groups -OCH3 is 1. The summed E-state index contributed by atoms with van der Waals surface area (Å²) in [4.78, 5) is 0. The van der Waals surface area contributed by atoms with Gasteiger partial charge in [-0.25, -0.2) is 0 Å². The Morgan fingerprint density at radius 3 is 2.35 bits per heavy atom. The average Bonchev–Trinajstić information content (AvgIpc) is 2.40. The molecule has 0 saturated heterocycles. The largest absolute Gasteiger partial charge is 0.466 e. The van der Waals surface area contributed by atoms with Crippen molar-refractivity contribution in [2.75, 3.05) is 7.11 Å². The molecule has 92 valence electrons. The van der Waals surface area contributed by atoms with E-state index in [1.807, 2.05) is 36.4 Å². The molecule has 0 saturated carbocycles. The molecule has 0 N–H and O–H groups in total. The summed E-state index contributed by atoms with van der Waals surface area (Å²) in [5, 5.41) is 0. The summed E-state index contributed by atoms with van der Waals surface area (Å²) in [7, 11) is 1.64. The molecule has 17 heavy (non-hydrogen) atoms. The molecule has 0 bridgehead atoms. The van der Waals surface area contributed by atoms with Gasteiger partial charge in [0, 0.05) is 18.6 Å². The van der Waals surface area contributed by atoms with Gasteiger partial charge in [0.15, 0.2) is 0 Å². The van der Waals surface area contributed by atoms with Gasteiger partial charge in [0.1, 0.15) is 0 Å². The zero-order valence-corrected chi connectivity index (χ0v) is 10.6. The molecule has 0 aliphatic rings. The van der Waals surface area contributed by atoms with Crippen molar-refractivity contribution in [2.45, 2.75) is 19.1 Å². The van der Waals surface area contributed by atoms with Crippen LogP contribution in [0.25, 0.3) is 0 Å². The standard InChI is InChI=1S/C15H20O2/c1-5-13(6-2)15(16-4,17-7-3)14-11-9-8-10-12-14/h5,7-13H,1,3,6H2,2,4H3. The molecule has 0 aromatic heterocycles. The first kappa shape index (κ1) is 13.5. The van der Waals surface area contributed by atoms with E-state index in [9.17, 15) is 0 Å². The smallest absolute Gasteiger partial charge is 0.242 e. The Bertz CT molecular complexity index is 358. The van der Waals surface area contributed by atoms with E-state index in [-0.39, 0.29) is 5.92 Å². The van der Waals surface area contributed by atoms with Crippen molar-refractivity contribution in [1.82, 2.24) is 0 Å². The van der Waals surface area contributed by atoms with Gasteiger partial charge < -0.3 is 9.47 Å². The Balaban J connectivity index is 3.25. The lowest BCUT2D eigenvalue weighted by molar-refractivity contribution is -0.225. The van der Waals surface area contributed by atoms with Crippen LogP contribution in [-0.4, -0.2) is 7.11 Å². The van der Waals surface area contributed by atoms with Gasteiger partial charge in [0.2, 0.25) is 5.79 Å². The summed E-state index contributed by atoms with van der Waals surface area (Å²) in [5.41, 5.74) is 0.967. The van der Waals surface area contributed by atoms with E-state index in [1.54, 1.807) is 7.11 Å². The monoisotopic (exact) mass is 232 g/mol. The van der Waals surface area contributed by atoms with Gasteiger partial charge in [0.25, 0.3) is 0 Å². The van der Waals surface area contributed by atoms with E-state index in [0.29, 0.717) is 0 Å². The molecule has 2 unspecified atom stereocenters. The minimum Gasteiger partial charge on any atom is -0.466 e. The fraction of sp³-hybridized carbons (Fsp3) is 0.333. The summed E-state index contributed by atoms with van der Waals surface area (Å²) in [6.45, 7) is 9.57. The molecule has 0 amide bonds. The Hall–Kier alpha value is -1.54. The summed E-state index contributed by atoms with van der Waals surface area (Å²) in [6, 6.07) is 9.86. The summed E-state index contributed by atoms with van der Waals surface area (Å²) in [6.07, 6.45) is 4.16. The average molecular weight is 232 g/mol. The van der Waals surface area contributed by atoms with Gasteiger partial charge in [-0.05, 0) is 6.42 Å². The van der Waals surface area contributed by atoms with Crippen LogP contribution in [0.3, 0.4) is 0 Å². The molecule has 2 atom stereocenters. The number of benzene rings is 1. The molecule has 2 heteroatoms. The highest BCUT2D eigenvalue weighted by Crippen LogP contribution is 2.37. The fourth-order valence-corrected chi connectivity index (χ4v) is 2.07. The molecule has 0 aliphatic heterocycles. The van der Waals surface area contributed by atoms with Crippen LogP contribution in [0.1, 0.15) is 18.9 Å². The highest BCUT2D eigenvalue weighted by Gasteiger charge is 2.39. The zero-order valence-electron chi connectivity index (χ0n) is 10.6. The summed E-state index contributed by atoms with van der Waals surface area (Å²) >= 11 is 0. The Labute approximate surface area is 104 Å². The number of rotatable bonds is 7. The van der Waals surface area contributed by atoms with Crippen LogP contribution in [0, 0.1) is 5.92 Å². The van der Waals surface area contributed by atoms with E-state index in [0.717, 1.165) is 12.0 Å². The Morgan fingerprint density at radius 2 is 1.94 bits per heavy atom. The van der Waals surface area contributed by atoms with Crippen molar-refractivity contribution in [3.8, 4) is 0 Å². The first-order chi connectivity index (χ1) is 8.25. The first-order valence-electron chi connectivity index (χ1n) is 5.77. The quantitative estimate of drug-likeness (QED) is 0.404. The Kier molecular flexibility index (Phi) is 4.98. The van der Waals surface area contributed by atoms with Crippen LogP contribution < -0.4 is 0 Å². The minimum absolute atomic E-state index is 0.0629. The minimum atomic E-state index is -0.834. The predicted octanol–water partition coefficient (Wildman–Crippen LogP) is 3.86. The van der Waals surface area contributed by atoms with Gasteiger partial charge in [-0.1, -0.05) is 49.9 Å². The molecular weight excluding hydrogens is 212 g/mol. The van der Waals surface area contributed by atoms with Crippen LogP contribution in [-0.2, 0) is 15.3 Å². The molecule has 0 fully saturated rings. The SMILES string of the molecule is C=COC(OC)(c1ccccc1)C(C=C)CC. The highest BCUT2D eigenvalue weighted by atomic mass is 16.7. The van der Waals surface area contributed by atoms with Crippen molar-refractivity contribution in [2.24, 2.45) is 5.92 Å². The third-order valence-corrected chi connectivity index (χ3v) is 2.95. The molecule has 1 aromatic rings. The van der Waals surface area contributed by atoms with E-state index >= 15 is 0 Å². The van der Waals surface area contributed by atoms with Crippen LogP contribution in [0.5, 0.6) is 0 Å². The van der Waals surface area contributed by atoms with E-state index in [2.05, 4.69) is 20.1 Å². The Morgan fingerprint density at radius 1 is 1.29 bits per heavy atom. The lowest BCUT2D eigenvalue weighted by atomic mass is 9.89. The predicted molar refractivity (Wildman–Crippen MR) is 70.4 cm³/mol. The lowest BCUT2D eigenvalue weighted by Crippen LogP contribution is -2.37. The number of hydrogen-bond acceptors (Lipinski definition) is 2. The van der Waals surface area contributed by atoms with Crippen molar-refractivity contribution < 1.29 is 9.47 Å². The van der Waals surface area contributed by atoms with Crippen molar-refractivity contribution in [3.05, 3.63) is 61.4 Å². The first-order valence-corrected chi connectivity index (χ1v) is 5.77. The second kappa shape index (κ2) is 6.26. The molecule has 0 aliphatic carbocycles. The zero-order chi connectivity index (χ0) is 12.7. The third-order valence-electron chi connectivity index (χ3n) is 2.95. The lowest BCUT2D eigenvalue weighted by Gasteiger charge is -2.37. The molecular formula is C15H20O2. The topological polar surface area (TPSA) is 18.5 Å². The number of ether oxygens (including phenoxy) is 2. The van der Waals surface area contributed by atoms with E-state index in [4.69, 9.17) is 9.47 Å². The van der Waals surface area contributed by atoms with Crippen molar-refractivity contribution >= 4 is 0 Å². The molecule has 0 heterocycles. The van der Waals surface area contributed by atoms with Gasteiger partial charge in [-0.3, -0.25) is 0 Å². The van der Waals surface area contributed by atoms with Crippen LogP contribution in [0.15, 0.2) is 55.8 Å². The number of hydrogen-bond donors (Lipinski definition) is 0. The van der Waals surface area contributed by atoms with Crippen LogP contribution >= 0.6 is 0 Å². The maximum absolute atomic E-state index is 5.68. The van der Waals surface area contributed by atoms with Gasteiger partial charge in [0.05, 0.1) is 6.26 Å². The molecule has 0 radical (unpaired) electrons. The van der Waals surface area contributed by atoms with Crippen LogP contribution in [0.4, 0.5) is 0 Å². The van der Waals surface area contributed by atoms with Crippen molar-refractivity contribution in [1.29, 1.82) is 0 Å². The fourth-order valence-electron chi connectivity index (χ4n) is 2.07. The highest BCUT2D eigenvalue weighted by molar-refractivity contribution is 5.23. The normalized spacial score (nSPS) is 15.6. The second-order valence-corrected chi connectivity index (χ2v) is 3.77. The van der Waals surface area contributed by atoms with Gasteiger partial charge in [-0.2, -0.15) is 0 Å². The van der Waals surface area contributed by atoms with E-state index in [1.165, 1.54) is 6.26 Å². The maximum Gasteiger partial charge on any atom is 0.242 e. The maximum atomic E-state index is 5.68. The van der Waals surface area contributed by atoms with Gasteiger partial charge >= 0.3 is 0 Å². The molecule has 1 aromatic carbocycles. The van der Waals surface area contributed by atoms with Gasteiger partial charge in [-0.15, -0.1) is 6.58 Å². The van der Waals surface area contributed by atoms with Crippen LogP contribution in [0.2, 0.25) is 0 Å². The summed E-state index contributed by atoms with van der Waals surface area (Å²) in [5.74, 6) is -0.771.